The highest BCUT2D eigenvalue weighted by atomic mass is 16.5. The molecule has 216 valence electrons. The van der Waals surface area contributed by atoms with E-state index in [9.17, 15) is 19.2 Å². The normalized spacial score (nSPS) is 18.7. The molecule has 3 rings (SSSR count). The third-order valence-electron chi connectivity index (χ3n) is 6.75. The van der Waals surface area contributed by atoms with Crippen LogP contribution >= 0.6 is 0 Å². The lowest BCUT2D eigenvalue weighted by Gasteiger charge is -2.30. The van der Waals surface area contributed by atoms with Gasteiger partial charge in [0.25, 0.3) is 5.91 Å². The van der Waals surface area contributed by atoms with E-state index in [1.807, 2.05) is 44.2 Å². The molecular formula is C31H42N4O5. The molecule has 9 heteroatoms. The lowest BCUT2D eigenvalue weighted by molar-refractivity contribution is -0.137. The number of carbonyl (C=O) groups excluding carboxylic acids is 4. The molecule has 0 aliphatic carbocycles. The summed E-state index contributed by atoms with van der Waals surface area (Å²) in [4.78, 5) is 55.1. The fraction of sp³-hybridized carbons (Fsp3) is 0.484. The van der Waals surface area contributed by atoms with Gasteiger partial charge in [-0.1, -0.05) is 69.7 Å². The van der Waals surface area contributed by atoms with Gasteiger partial charge in [-0.05, 0) is 42.9 Å². The number of hydrogen-bond donors (Lipinski definition) is 3. The van der Waals surface area contributed by atoms with Gasteiger partial charge in [-0.2, -0.15) is 0 Å². The molecular weight excluding hydrogens is 508 g/mol. The molecule has 9 nitrogen and oxygen atoms in total. The lowest BCUT2D eigenvalue weighted by atomic mass is 10.0. The molecule has 0 fully saturated rings. The molecule has 0 radical (unpaired) electrons. The average Bonchev–Trinajstić information content (AvgIpc) is 2.93. The summed E-state index contributed by atoms with van der Waals surface area (Å²) >= 11 is 0. The Bertz CT molecular complexity index is 1140. The smallest absolute Gasteiger partial charge is 0.255 e. The molecule has 1 heterocycles. The summed E-state index contributed by atoms with van der Waals surface area (Å²) in [7, 11) is 0. The number of fused-ring (bicyclic) bond motifs is 1. The number of nitrogens with one attached hydrogen (secondary N) is 3. The van der Waals surface area contributed by atoms with Crippen molar-refractivity contribution in [3.63, 3.8) is 0 Å². The van der Waals surface area contributed by atoms with Gasteiger partial charge in [0, 0.05) is 13.1 Å². The third kappa shape index (κ3) is 9.39. The Morgan fingerprint density at radius 3 is 2.50 bits per heavy atom. The molecule has 2 aromatic carbocycles. The summed E-state index contributed by atoms with van der Waals surface area (Å²) in [5.41, 5.74) is 1.32. The first-order chi connectivity index (χ1) is 19.3. The minimum absolute atomic E-state index is 0.154. The second-order valence-electron chi connectivity index (χ2n) is 10.5. The average molecular weight is 551 g/mol. The minimum atomic E-state index is -1.13. The number of amides is 4. The van der Waals surface area contributed by atoms with Crippen molar-refractivity contribution in [1.29, 1.82) is 0 Å². The molecule has 2 atom stereocenters. The van der Waals surface area contributed by atoms with Crippen molar-refractivity contribution in [3.8, 4) is 5.75 Å². The summed E-state index contributed by atoms with van der Waals surface area (Å²) in [6.45, 7) is 7.43. The van der Waals surface area contributed by atoms with Crippen LogP contribution in [0.2, 0.25) is 0 Å². The Morgan fingerprint density at radius 1 is 1.05 bits per heavy atom. The molecule has 2 aromatic rings. The van der Waals surface area contributed by atoms with Crippen molar-refractivity contribution < 1.29 is 23.9 Å². The van der Waals surface area contributed by atoms with Crippen LogP contribution in [0.25, 0.3) is 0 Å². The Labute approximate surface area is 237 Å². The largest absolute Gasteiger partial charge is 0.491 e. The molecule has 0 saturated carbocycles. The van der Waals surface area contributed by atoms with Crippen LogP contribution in [0.5, 0.6) is 5.75 Å². The van der Waals surface area contributed by atoms with Crippen molar-refractivity contribution in [2.75, 3.05) is 26.2 Å². The molecule has 3 N–H and O–H groups in total. The summed E-state index contributed by atoms with van der Waals surface area (Å²) in [5.74, 6) is -1.12. The van der Waals surface area contributed by atoms with E-state index < -0.39 is 29.8 Å². The predicted molar refractivity (Wildman–Crippen MR) is 154 cm³/mol. The van der Waals surface area contributed by atoms with Crippen molar-refractivity contribution in [2.45, 2.75) is 65.0 Å². The first-order valence-electron chi connectivity index (χ1n) is 14.2. The number of ether oxygens (including phenoxy) is 1. The molecule has 0 saturated heterocycles. The quantitative estimate of drug-likeness (QED) is 0.444. The highest BCUT2D eigenvalue weighted by molar-refractivity contribution is 6.01. The van der Waals surface area contributed by atoms with Crippen LogP contribution in [0.1, 0.15) is 62.4 Å². The van der Waals surface area contributed by atoms with Gasteiger partial charge < -0.3 is 25.6 Å². The fourth-order valence-corrected chi connectivity index (χ4v) is 4.62. The first-order valence-corrected chi connectivity index (χ1v) is 14.2. The number of unbranched alkanes of at least 4 members (excludes halogenated alkanes) is 1. The van der Waals surface area contributed by atoms with Crippen LogP contribution in [-0.4, -0.2) is 66.9 Å². The van der Waals surface area contributed by atoms with Crippen molar-refractivity contribution in [3.05, 3.63) is 65.7 Å². The van der Waals surface area contributed by atoms with Crippen molar-refractivity contribution >= 4 is 23.6 Å². The Balaban J connectivity index is 1.85. The number of benzene rings is 2. The highest BCUT2D eigenvalue weighted by Gasteiger charge is 2.31. The summed E-state index contributed by atoms with van der Waals surface area (Å²) in [6, 6.07) is 14.6. The van der Waals surface area contributed by atoms with Gasteiger partial charge in [0.1, 0.15) is 24.4 Å². The van der Waals surface area contributed by atoms with E-state index in [2.05, 4.69) is 22.9 Å². The van der Waals surface area contributed by atoms with Crippen molar-refractivity contribution in [2.24, 2.45) is 5.92 Å². The van der Waals surface area contributed by atoms with E-state index in [1.165, 1.54) is 0 Å². The summed E-state index contributed by atoms with van der Waals surface area (Å²) < 4.78 is 5.97. The van der Waals surface area contributed by atoms with Gasteiger partial charge in [-0.3, -0.25) is 19.2 Å². The van der Waals surface area contributed by atoms with Crippen molar-refractivity contribution in [1.82, 2.24) is 20.9 Å². The third-order valence-corrected chi connectivity index (χ3v) is 6.75. The SMILES string of the molecule is CCCCN1CCOc2ccccc2C(=O)N[C@H](C(=O)NCCc2ccccc2)CC(=O)N[C@@H](CC(C)C)C1=O. The van der Waals surface area contributed by atoms with Gasteiger partial charge in [-0.25, -0.2) is 0 Å². The van der Waals surface area contributed by atoms with Gasteiger partial charge in [0.05, 0.1) is 18.5 Å². The maximum absolute atomic E-state index is 13.6. The Kier molecular flexibility index (Phi) is 12.0. The van der Waals surface area contributed by atoms with Crippen LogP contribution in [0.3, 0.4) is 0 Å². The molecule has 40 heavy (non-hydrogen) atoms. The van der Waals surface area contributed by atoms with Crippen LogP contribution < -0.4 is 20.7 Å². The summed E-state index contributed by atoms with van der Waals surface area (Å²) in [5, 5.41) is 8.42. The van der Waals surface area contributed by atoms with E-state index >= 15 is 0 Å². The predicted octanol–water partition coefficient (Wildman–Crippen LogP) is 3.09. The molecule has 0 spiro atoms. The van der Waals surface area contributed by atoms with Crippen LogP contribution in [0.15, 0.2) is 54.6 Å². The number of rotatable bonds is 9. The number of nitrogens with zero attached hydrogens (tertiary/aromatic N) is 1. The van der Waals surface area contributed by atoms with Gasteiger partial charge in [0.2, 0.25) is 17.7 Å². The molecule has 1 aliphatic heterocycles. The summed E-state index contributed by atoms with van der Waals surface area (Å²) in [6.07, 6.45) is 2.49. The maximum atomic E-state index is 13.6. The van der Waals surface area contributed by atoms with E-state index in [4.69, 9.17) is 4.74 Å². The van der Waals surface area contributed by atoms with Crippen LogP contribution in [0, 0.1) is 5.92 Å². The fourth-order valence-electron chi connectivity index (χ4n) is 4.62. The highest BCUT2D eigenvalue weighted by Crippen LogP contribution is 2.19. The molecule has 0 bridgehead atoms. The van der Waals surface area contributed by atoms with E-state index in [0.29, 0.717) is 38.2 Å². The minimum Gasteiger partial charge on any atom is -0.491 e. The maximum Gasteiger partial charge on any atom is 0.255 e. The molecule has 0 aromatic heterocycles. The van der Waals surface area contributed by atoms with Gasteiger partial charge in [-0.15, -0.1) is 0 Å². The van der Waals surface area contributed by atoms with Gasteiger partial charge >= 0.3 is 0 Å². The zero-order valence-electron chi connectivity index (χ0n) is 23.8. The zero-order valence-corrected chi connectivity index (χ0v) is 23.8. The second-order valence-corrected chi connectivity index (χ2v) is 10.5. The first kappa shape index (κ1) is 30.7. The Morgan fingerprint density at radius 2 is 1.77 bits per heavy atom. The molecule has 4 amide bonds. The van der Waals surface area contributed by atoms with E-state index in [1.54, 1.807) is 29.2 Å². The second kappa shape index (κ2) is 15.6. The zero-order chi connectivity index (χ0) is 28.9. The number of hydrogen-bond acceptors (Lipinski definition) is 5. The van der Waals surface area contributed by atoms with Crippen LogP contribution in [-0.2, 0) is 20.8 Å². The van der Waals surface area contributed by atoms with E-state index in [-0.39, 0.29) is 30.4 Å². The topological polar surface area (TPSA) is 117 Å². The standard InChI is InChI=1S/C31H42N4O5/c1-4-5-17-35-18-19-40-27-14-10-9-13-24(27)29(37)34-25(21-28(36)33-26(31(35)39)20-22(2)3)30(38)32-16-15-23-11-7-6-8-12-23/h6-14,22,25-26H,4-5,15-21H2,1-3H3,(H,32,38)(H,33,36)(H,34,37)/t25-,26-/m0/s1. The monoisotopic (exact) mass is 550 g/mol. The molecule has 0 unspecified atom stereocenters. The van der Waals surface area contributed by atoms with E-state index in [0.717, 1.165) is 18.4 Å². The van der Waals surface area contributed by atoms with Crippen LogP contribution in [0.4, 0.5) is 0 Å². The Hall–Kier alpha value is -3.88. The number of carbonyl (C=O) groups is 4. The number of para-hydroxylation sites is 1. The molecule has 1 aliphatic rings. The lowest BCUT2D eigenvalue weighted by Crippen LogP contribution is -2.53. The van der Waals surface area contributed by atoms with Gasteiger partial charge in [0.15, 0.2) is 0 Å².